The van der Waals surface area contributed by atoms with Crippen LogP contribution >= 0.6 is 0 Å². The molecule has 0 bridgehead atoms. The summed E-state index contributed by atoms with van der Waals surface area (Å²) in [6, 6.07) is 0. The highest BCUT2D eigenvalue weighted by molar-refractivity contribution is 4.67. The number of hydrogen-bond donors (Lipinski definition) is 3. The van der Waals surface area contributed by atoms with E-state index in [4.69, 9.17) is 38.3 Å². The smallest absolute Gasteiger partial charge is 0.0834 e. The molecule has 0 spiro atoms. The monoisotopic (exact) mass is 498 g/mol. The van der Waals surface area contributed by atoms with Crippen LogP contribution in [-0.4, -0.2) is 125 Å². The second-order valence-corrected chi connectivity index (χ2v) is 8.38. The third kappa shape index (κ3) is 22.1. The van der Waals surface area contributed by atoms with Gasteiger partial charge in [0, 0.05) is 13.0 Å². The largest absolute Gasteiger partial charge is 0.394 e. The molecule has 0 aromatic carbocycles. The summed E-state index contributed by atoms with van der Waals surface area (Å²) in [7, 11) is 0. The maximum absolute atomic E-state index is 9.78. The Kier molecular flexibility index (Phi) is 24.0. The average molecular weight is 499 g/mol. The third-order valence-corrected chi connectivity index (χ3v) is 4.67. The molecule has 5 unspecified atom stereocenters. The molecule has 0 heterocycles. The van der Waals surface area contributed by atoms with Gasteiger partial charge in [0.05, 0.1) is 103 Å². The van der Waals surface area contributed by atoms with Crippen LogP contribution in [0.2, 0.25) is 0 Å². The summed E-state index contributed by atoms with van der Waals surface area (Å²) in [6.45, 7) is 11.6. The molecule has 0 rings (SSSR count). The van der Waals surface area contributed by atoms with Gasteiger partial charge < -0.3 is 48.5 Å². The Hall–Kier alpha value is -0.400. The summed E-state index contributed by atoms with van der Waals surface area (Å²) in [5.41, 5.74) is 0. The number of aliphatic hydroxyl groups excluding tert-OH is 3. The Balaban J connectivity index is 4.21. The van der Waals surface area contributed by atoms with E-state index >= 15 is 0 Å². The van der Waals surface area contributed by atoms with Crippen molar-refractivity contribution in [3.8, 4) is 0 Å². The van der Waals surface area contributed by atoms with Gasteiger partial charge in [-0.1, -0.05) is 13.3 Å². The molecule has 0 aromatic rings. The molecule has 34 heavy (non-hydrogen) atoms. The molecule has 0 aliphatic rings. The van der Waals surface area contributed by atoms with E-state index in [9.17, 15) is 10.2 Å². The van der Waals surface area contributed by atoms with Gasteiger partial charge in [0.25, 0.3) is 0 Å². The number of hydrogen-bond acceptors (Lipinski definition) is 10. The van der Waals surface area contributed by atoms with Crippen LogP contribution in [0.1, 0.15) is 47.0 Å². The fraction of sp³-hybridized carbons (Fsp3) is 1.00. The molecule has 206 valence electrons. The summed E-state index contributed by atoms with van der Waals surface area (Å²) in [5, 5.41) is 27.7. The van der Waals surface area contributed by atoms with Crippen LogP contribution in [-0.2, 0) is 33.2 Å². The molecular weight excluding hydrogens is 448 g/mol. The summed E-state index contributed by atoms with van der Waals surface area (Å²) >= 11 is 0. The predicted octanol–water partition coefficient (Wildman–Crippen LogP) is 1.17. The number of aliphatic hydroxyl groups is 3. The minimum atomic E-state index is -0.505. The fourth-order valence-corrected chi connectivity index (χ4v) is 2.76. The van der Waals surface area contributed by atoms with E-state index < -0.39 is 6.10 Å². The number of ether oxygens (including phenoxy) is 7. The lowest BCUT2D eigenvalue weighted by molar-refractivity contribution is -0.102. The van der Waals surface area contributed by atoms with E-state index in [1.807, 2.05) is 13.8 Å². The predicted molar refractivity (Wildman–Crippen MR) is 128 cm³/mol. The fourth-order valence-electron chi connectivity index (χ4n) is 2.76. The molecule has 10 nitrogen and oxygen atoms in total. The molecule has 5 atom stereocenters. The zero-order valence-electron chi connectivity index (χ0n) is 21.7. The molecule has 0 saturated heterocycles. The first-order valence-electron chi connectivity index (χ1n) is 12.5. The van der Waals surface area contributed by atoms with E-state index in [2.05, 4.69) is 6.92 Å². The maximum Gasteiger partial charge on any atom is 0.0834 e. The van der Waals surface area contributed by atoms with Crippen molar-refractivity contribution >= 4 is 0 Å². The van der Waals surface area contributed by atoms with Gasteiger partial charge in [-0.05, 0) is 27.2 Å². The van der Waals surface area contributed by atoms with Gasteiger partial charge in [-0.2, -0.15) is 0 Å². The minimum Gasteiger partial charge on any atom is -0.394 e. The zero-order valence-corrected chi connectivity index (χ0v) is 21.7. The van der Waals surface area contributed by atoms with Gasteiger partial charge in [-0.15, -0.1) is 0 Å². The maximum atomic E-state index is 9.78. The number of rotatable bonds is 26. The van der Waals surface area contributed by atoms with Gasteiger partial charge in [0.1, 0.15) is 0 Å². The summed E-state index contributed by atoms with van der Waals surface area (Å²) in [5.74, 6) is 0. The zero-order chi connectivity index (χ0) is 25.4. The van der Waals surface area contributed by atoms with Gasteiger partial charge in [0.2, 0.25) is 0 Å². The van der Waals surface area contributed by atoms with Crippen molar-refractivity contribution in [1.29, 1.82) is 0 Å². The highest BCUT2D eigenvalue weighted by Crippen LogP contribution is 2.10. The molecule has 0 radical (unpaired) electrons. The molecule has 0 amide bonds. The molecule has 3 N–H and O–H groups in total. The molecule has 0 aromatic heterocycles. The number of unbranched alkanes of at least 4 members (excludes halogenated alkanes) is 1. The Morgan fingerprint density at radius 1 is 0.618 bits per heavy atom. The van der Waals surface area contributed by atoms with Crippen molar-refractivity contribution in [2.24, 2.45) is 0 Å². The van der Waals surface area contributed by atoms with E-state index in [-0.39, 0.29) is 44.2 Å². The van der Waals surface area contributed by atoms with Gasteiger partial charge in [-0.25, -0.2) is 0 Å². The van der Waals surface area contributed by atoms with Crippen LogP contribution in [0, 0.1) is 0 Å². The molecule has 0 aliphatic heterocycles. The second kappa shape index (κ2) is 24.3. The molecule has 10 heteroatoms. The van der Waals surface area contributed by atoms with Crippen molar-refractivity contribution in [2.75, 3.05) is 79.3 Å². The standard InChI is InChI=1S/C24H50O10/c1-5-6-8-31-24(19-30-13-12-29-11-10-28-9-7-25)14-23(15-26)34-18-22(4)33-17-21(3)32-16-20(2)27/h20-27H,5-19H2,1-4H3. The van der Waals surface area contributed by atoms with Crippen LogP contribution in [0.4, 0.5) is 0 Å². The van der Waals surface area contributed by atoms with Crippen molar-refractivity contribution in [1.82, 2.24) is 0 Å². The first-order chi connectivity index (χ1) is 16.4. The summed E-state index contributed by atoms with van der Waals surface area (Å²) < 4.78 is 39.3. The lowest BCUT2D eigenvalue weighted by atomic mass is 10.1. The molecule has 0 saturated carbocycles. The Morgan fingerprint density at radius 3 is 1.79 bits per heavy atom. The normalized spacial score (nSPS) is 16.3. The van der Waals surface area contributed by atoms with Gasteiger partial charge >= 0.3 is 0 Å². The van der Waals surface area contributed by atoms with Gasteiger partial charge in [0.15, 0.2) is 0 Å². The Labute approximate surface area is 205 Å². The summed E-state index contributed by atoms with van der Waals surface area (Å²) in [6.07, 6.45) is 1.13. The molecule has 0 aliphatic carbocycles. The lowest BCUT2D eigenvalue weighted by Gasteiger charge is -2.25. The topological polar surface area (TPSA) is 125 Å². The van der Waals surface area contributed by atoms with Crippen molar-refractivity contribution in [3.05, 3.63) is 0 Å². The quantitative estimate of drug-likeness (QED) is 0.150. The first-order valence-corrected chi connectivity index (χ1v) is 12.5. The van der Waals surface area contributed by atoms with Crippen LogP contribution in [0.3, 0.4) is 0 Å². The van der Waals surface area contributed by atoms with Crippen molar-refractivity contribution < 1.29 is 48.5 Å². The highest BCUT2D eigenvalue weighted by Gasteiger charge is 2.19. The Morgan fingerprint density at radius 2 is 1.21 bits per heavy atom. The van der Waals surface area contributed by atoms with E-state index in [0.29, 0.717) is 65.9 Å². The van der Waals surface area contributed by atoms with Crippen molar-refractivity contribution in [2.45, 2.75) is 77.5 Å². The first kappa shape index (κ1) is 33.6. The van der Waals surface area contributed by atoms with Crippen LogP contribution < -0.4 is 0 Å². The second-order valence-electron chi connectivity index (χ2n) is 8.38. The van der Waals surface area contributed by atoms with Crippen LogP contribution in [0.5, 0.6) is 0 Å². The highest BCUT2D eigenvalue weighted by atomic mass is 16.6. The average Bonchev–Trinajstić information content (AvgIpc) is 2.82. The molecular formula is C24H50O10. The minimum absolute atomic E-state index is 0.00595. The van der Waals surface area contributed by atoms with E-state index in [1.54, 1.807) is 6.92 Å². The lowest BCUT2D eigenvalue weighted by Crippen LogP contribution is -2.33. The van der Waals surface area contributed by atoms with E-state index in [0.717, 1.165) is 12.8 Å². The molecule has 0 fully saturated rings. The van der Waals surface area contributed by atoms with Crippen LogP contribution in [0.25, 0.3) is 0 Å². The van der Waals surface area contributed by atoms with Gasteiger partial charge in [-0.3, -0.25) is 0 Å². The SMILES string of the molecule is CCCCOC(COCCOCCOCCO)CC(CO)OCC(C)OCC(C)OCC(C)O. The van der Waals surface area contributed by atoms with Crippen LogP contribution in [0.15, 0.2) is 0 Å². The van der Waals surface area contributed by atoms with Crippen molar-refractivity contribution in [3.63, 3.8) is 0 Å². The Bertz CT molecular complexity index is 413. The van der Waals surface area contributed by atoms with E-state index in [1.165, 1.54) is 0 Å². The third-order valence-electron chi connectivity index (χ3n) is 4.67. The summed E-state index contributed by atoms with van der Waals surface area (Å²) in [4.78, 5) is 0.